The minimum absolute atomic E-state index is 0.386. The maximum atomic E-state index is 12.6. The zero-order chi connectivity index (χ0) is 16.9. The van der Waals surface area contributed by atoms with Gasteiger partial charge in [-0.3, -0.25) is 13.8 Å². The number of benzene rings is 1. The summed E-state index contributed by atoms with van der Waals surface area (Å²) in [4.78, 5) is 37.0. The Morgan fingerprint density at radius 2 is 1.87 bits per heavy atom. The van der Waals surface area contributed by atoms with Gasteiger partial charge in [0.05, 0.1) is 15.5 Å². The van der Waals surface area contributed by atoms with E-state index in [2.05, 4.69) is 5.32 Å². The van der Waals surface area contributed by atoms with Crippen molar-refractivity contribution in [2.75, 3.05) is 0 Å². The molecule has 122 valence electrons. The number of hydrogen-bond donors (Lipinski definition) is 2. The highest BCUT2D eigenvalue weighted by atomic mass is 32.2. The van der Waals surface area contributed by atoms with Crippen LogP contribution >= 0.6 is 0 Å². The van der Waals surface area contributed by atoms with E-state index in [9.17, 15) is 23.7 Å². The molecule has 2 aliphatic heterocycles. The van der Waals surface area contributed by atoms with Crippen LogP contribution in [0.2, 0.25) is 0 Å². The van der Waals surface area contributed by atoms with E-state index in [4.69, 9.17) is 0 Å². The monoisotopic (exact) mass is 336 g/mol. The van der Waals surface area contributed by atoms with E-state index in [1.807, 2.05) is 0 Å². The number of carboxylic acids is 1. The minimum Gasteiger partial charge on any atom is -0.480 e. The Balaban J connectivity index is 1.83. The van der Waals surface area contributed by atoms with Gasteiger partial charge < -0.3 is 15.3 Å². The van der Waals surface area contributed by atoms with E-state index in [-0.39, 0.29) is 0 Å². The number of amides is 2. The van der Waals surface area contributed by atoms with Crippen molar-refractivity contribution in [1.82, 2.24) is 10.2 Å². The van der Waals surface area contributed by atoms with Gasteiger partial charge in [-0.25, -0.2) is 4.79 Å². The molecule has 0 saturated carbocycles. The van der Waals surface area contributed by atoms with Crippen molar-refractivity contribution in [3.8, 4) is 0 Å². The first-order valence-corrected chi connectivity index (χ1v) is 8.29. The molecule has 8 heteroatoms. The molecule has 0 bridgehead atoms. The maximum absolute atomic E-state index is 12.6. The topological polar surface area (TPSA) is 104 Å². The van der Waals surface area contributed by atoms with E-state index >= 15 is 0 Å². The second-order valence-corrected chi connectivity index (χ2v) is 8.22. The standard InChI is InChI=1S/C15H16N2O5S/c1-15(2)10(14(20)21)17-12(19)9(13(17)23(15)22)16-11(18)8-6-4-3-5-7-8/h3-7,9-10,13H,1-2H3,(H,16,18)(H,20,21)/t9?,10?,13-,23?/m0/s1. The summed E-state index contributed by atoms with van der Waals surface area (Å²) in [6.07, 6.45) is 0. The molecule has 0 spiro atoms. The second-order valence-electron chi connectivity index (χ2n) is 6.09. The average molecular weight is 336 g/mol. The lowest BCUT2D eigenvalue weighted by molar-refractivity contribution is -0.159. The fourth-order valence-electron chi connectivity index (χ4n) is 3.11. The molecule has 3 rings (SSSR count). The van der Waals surface area contributed by atoms with Crippen LogP contribution in [0.5, 0.6) is 0 Å². The number of fused-ring (bicyclic) bond motifs is 1. The molecular weight excluding hydrogens is 320 g/mol. The lowest BCUT2D eigenvalue weighted by Gasteiger charge is -2.43. The summed E-state index contributed by atoms with van der Waals surface area (Å²) in [6.45, 7) is 3.12. The van der Waals surface area contributed by atoms with Crippen molar-refractivity contribution in [1.29, 1.82) is 0 Å². The van der Waals surface area contributed by atoms with Gasteiger partial charge in [0.25, 0.3) is 5.91 Å². The first-order chi connectivity index (χ1) is 10.8. The summed E-state index contributed by atoms with van der Waals surface area (Å²) in [6, 6.07) is 6.26. The van der Waals surface area contributed by atoms with E-state index in [1.54, 1.807) is 44.2 Å². The van der Waals surface area contributed by atoms with Crippen LogP contribution in [0.3, 0.4) is 0 Å². The van der Waals surface area contributed by atoms with Gasteiger partial charge in [0.2, 0.25) is 5.91 Å². The molecule has 0 aliphatic carbocycles. The van der Waals surface area contributed by atoms with Gasteiger partial charge in [-0.15, -0.1) is 0 Å². The van der Waals surface area contributed by atoms with Gasteiger partial charge in [-0.1, -0.05) is 18.2 Å². The van der Waals surface area contributed by atoms with Crippen LogP contribution in [0.15, 0.2) is 30.3 Å². The number of nitrogens with one attached hydrogen (secondary N) is 1. The molecule has 2 heterocycles. The summed E-state index contributed by atoms with van der Waals surface area (Å²) in [5.41, 5.74) is 0.386. The molecule has 2 aliphatic rings. The Bertz CT molecular complexity index is 718. The smallest absolute Gasteiger partial charge is 0.328 e. The first-order valence-electron chi connectivity index (χ1n) is 7.08. The first kappa shape index (κ1) is 15.7. The van der Waals surface area contributed by atoms with Gasteiger partial charge in [0.15, 0.2) is 0 Å². The Morgan fingerprint density at radius 1 is 1.26 bits per heavy atom. The normalized spacial score (nSPS) is 31.2. The quantitative estimate of drug-likeness (QED) is 0.753. The molecule has 1 aromatic carbocycles. The zero-order valence-electron chi connectivity index (χ0n) is 12.6. The third-order valence-corrected chi connectivity index (χ3v) is 6.51. The van der Waals surface area contributed by atoms with Crippen LogP contribution in [0.1, 0.15) is 24.2 Å². The lowest BCUT2D eigenvalue weighted by Crippen LogP contribution is -2.71. The van der Waals surface area contributed by atoms with Crippen molar-refractivity contribution < 1.29 is 23.7 Å². The SMILES string of the molecule is CC1(C)C(C(=O)O)N2C(=O)C(NC(=O)c3ccccc3)[C@@H]2S1=O. The number of β-lactam (4-membered cyclic amide) rings is 1. The highest BCUT2D eigenvalue weighted by molar-refractivity contribution is 7.87. The summed E-state index contributed by atoms with van der Waals surface area (Å²) in [7, 11) is -1.59. The summed E-state index contributed by atoms with van der Waals surface area (Å²) < 4.78 is 11.5. The average Bonchev–Trinajstić information content (AvgIpc) is 2.70. The van der Waals surface area contributed by atoms with Crippen LogP contribution in [0.25, 0.3) is 0 Å². The summed E-state index contributed by atoms with van der Waals surface area (Å²) in [5.74, 6) is -2.14. The molecule has 7 nitrogen and oxygen atoms in total. The highest BCUT2D eigenvalue weighted by Gasteiger charge is 2.68. The van der Waals surface area contributed by atoms with Gasteiger partial charge in [-0.05, 0) is 26.0 Å². The Labute approximate surface area is 135 Å². The second kappa shape index (κ2) is 5.16. The van der Waals surface area contributed by atoms with Crippen LogP contribution < -0.4 is 5.32 Å². The molecule has 2 fully saturated rings. The molecule has 23 heavy (non-hydrogen) atoms. The van der Waals surface area contributed by atoms with Crippen molar-refractivity contribution in [3.05, 3.63) is 35.9 Å². The molecule has 1 aromatic rings. The molecule has 3 unspecified atom stereocenters. The summed E-state index contributed by atoms with van der Waals surface area (Å²) >= 11 is 0. The minimum atomic E-state index is -1.59. The molecule has 4 atom stereocenters. The van der Waals surface area contributed by atoms with Crippen LogP contribution in [-0.2, 0) is 20.4 Å². The Morgan fingerprint density at radius 3 is 2.43 bits per heavy atom. The van der Waals surface area contributed by atoms with E-state index in [0.29, 0.717) is 5.56 Å². The molecule has 2 saturated heterocycles. The van der Waals surface area contributed by atoms with Gasteiger partial charge >= 0.3 is 5.97 Å². The number of hydrogen-bond acceptors (Lipinski definition) is 4. The number of carboxylic acid groups (broad SMARTS) is 1. The van der Waals surface area contributed by atoms with Gasteiger partial charge in [0.1, 0.15) is 17.5 Å². The number of nitrogens with zero attached hydrogens (tertiary/aromatic N) is 1. The van der Waals surface area contributed by atoms with E-state index in [1.165, 1.54) is 0 Å². The summed E-state index contributed by atoms with van der Waals surface area (Å²) in [5, 5.41) is 11.1. The number of rotatable bonds is 3. The fourth-order valence-corrected chi connectivity index (χ4v) is 5.03. The van der Waals surface area contributed by atoms with Gasteiger partial charge in [-0.2, -0.15) is 0 Å². The van der Waals surface area contributed by atoms with E-state index in [0.717, 1.165) is 4.90 Å². The molecule has 0 aromatic heterocycles. The maximum Gasteiger partial charge on any atom is 0.328 e. The predicted octanol–water partition coefficient (Wildman–Crippen LogP) is -0.0526. The van der Waals surface area contributed by atoms with E-state index < -0.39 is 50.8 Å². The molecule has 2 N–H and O–H groups in total. The number of aliphatic carboxylic acids is 1. The van der Waals surface area contributed by atoms with Crippen molar-refractivity contribution in [3.63, 3.8) is 0 Å². The van der Waals surface area contributed by atoms with Crippen LogP contribution in [0.4, 0.5) is 0 Å². The van der Waals surface area contributed by atoms with Crippen LogP contribution in [0, 0.1) is 0 Å². The predicted molar refractivity (Wildman–Crippen MR) is 82.0 cm³/mol. The highest BCUT2D eigenvalue weighted by Crippen LogP contribution is 2.43. The fraction of sp³-hybridized carbons (Fsp3) is 0.400. The largest absolute Gasteiger partial charge is 0.480 e. The molecule has 0 radical (unpaired) electrons. The van der Waals surface area contributed by atoms with Crippen molar-refractivity contribution >= 4 is 28.6 Å². The number of carbonyl (C=O) groups excluding carboxylic acids is 2. The number of carbonyl (C=O) groups is 3. The van der Waals surface area contributed by atoms with Crippen molar-refractivity contribution in [2.24, 2.45) is 0 Å². The van der Waals surface area contributed by atoms with Crippen molar-refractivity contribution in [2.45, 2.75) is 36.1 Å². The Kier molecular flexibility index (Phi) is 3.51. The third-order valence-electron chi connectivity index (χ3n) is 4.31. The van der Waals surface area contributed by atoms with Crippen LogP contribution in [-0.4, -0.2) is 54.2 Å². The Hall–Kier alpha value is -2.22. The molecule has 2 amide bonds. The zero-order valence-corrected chi connectivity index (χ0v) is 13.4. The lowest BCUT2D eigenvalue weighted by atomic mass is 9.96. The van der Waals surface area contributed by atoms with Gasteiger partial charge in [0, 0.05) is 5.56 Å². The molecular formula is C15H16N2O5S. The third kappa shape index (κ3) is 2.16.